The lowest BCUT2D eigenvalue weighted by Crippen LogP contribution is -2.42. The van der Waals surface area contributed by atoms with Crippen molar-refractivity contribution >= 4 is 11.3 Å². The molecule has 80 valence electrons. The van der Waals surface area contributed by atoms with E-state index in [9.17, 15) is 5.11 Å². The molecule has 0 bridgehead atoms. The summed E-state index contributed by atoms with van der Waals surface area (Å²) in [5.74, 6) is 0. The van der Waals surface area contributed by atoms with E-state index in [4.69, 9.17) is 0 Å². The maximum Gasteiger partial charge on any atom is 0.0794 e. The lowest BCUT2D eigenvalue weighted by molar-refractivity contribution is 0.158. The van der Waals surface area contributed by atoms with Crippen LogP contribution in [0.25, 0.3) is 0 Å². The van der Waals surface area contributed by atoms with E-state index in [-0.39, 0.29) is 18.1 Å². The van der Waals surface area contributed by atoms with E-state index in [1.807, 2.05) is 11.7 Å². The average Bonchev–Trinajstić information content (AvgIpc) is 2.55. The van der Waals surface area contributed by atoms with Gasteiger partial charge in [-0.2, -0.15) is 0 Å². The maximum absolute atomic E-state index is 9.22. The Morgan fingerprint density at radius 2 is 2.29 bits per heavy atom. The molecule has 1 heterocycles. The highest BCUT2D eigenvalue weighted by Gasteiger charge is 2.23. The Bertz CT molecular complexity index is 254. The Labute approximate surface area is 89.2 Å². The number of hydrogen-bond acceptors (Lipinski definition) is 4. The second-order valence-electron chi connectivity index (χ2n) is 4.45. The highest BCUT2D eigenvalue weighted by Crippen LogP contribution is 2.19. The Balaban J connectivity index is 2.43. The number of aliphatic hydroxyl groups excluding tert-OH is 1. The van der Waals surface area contributed by atoms with E-state index in [0.717, 1.165) is 6.54 Å². The lowest BCUT2D eigenvalue weighted by Gasteiger charge is -2.29. The summed E-state index contributed by atoms with van der Waals surface area (Å²) in [6.07, 6.45) is 1.86. The molecule has 14 heavy (non-hydrogen) atoms. The standard InChI is InChI=1S/C10H18N2OS/c1-10(2,3)9(6-13)12-5-8-4-11-7-14-8/h4,7,9,12-13H,5-6H2,1-3H3/t9-/m1/s1. The minimum Gasteiger partial charge on any atom is -0.395 e. The molecule has 0 unspecified atom stereocenters. The van der Waals surface area contributed by atoms with Gasteiger partial charge in [-0.15, -0.1) is 11.3 Å². The number of nitrogens with zero attached hydrogens (tertiary/aromatic N) is 1. The van der Waals surface area contributed by atoms with E-state index < -0.39 is 0 Å². The van der Waals surface area contributed by atoms with Crippen molar-refractivity contribution in [2.45, 2.75) is 33.4 Å². The van der Waals surface area contributed by atoms with Crippen molar-refractivity contribution in [1.29, 1.82) is 0 Å². The molecule has 0 aliphatic heterocycles. The summed E-state index contributed by atoms with van der Waals surface area (Å²) in [5.41, 5.74) is 1.90. The van der Waals surface area contributed by atoms with Gasteiger partial charge < -0.3 is 10.4 Å². The molecular formula is C10H18N2OS. The van der Waals surface area contributed by atoms with Gasteiger partial charge in [-0.1, -0.05) is 20.8 Å². The third-order valence-corrected chi connectivity index (χ3v) is 3.01. The van der Waals surface area contributed by atoms with Crippen molar-refractivity contribution < 1.29 is 5.11 Å². The number of nitrogens with one attached hydrogen (secondary N) is 1. The quantitative estimate of drug-likeness (QED) is 0.801. The third-order valence-electron chi connectivity index (χ3n) is 2.23. The monoisotopic (exact) mass is 214 g/mol. The van der Waals surface area contributed by atoms with Crippen LogP contribution in [0.2, 0.25) is 0 Å². The normalized spacial score (nSPS) is 14.3. The van der Waals surface area contributed by atoms with Crippen LogP contribution in [0.3, 0.4) is 0 Å². The topological polar surface area (TPSA) is 45.1 Å². The largest absolute Gasteiger partial charge is 0.395 e. The Hall–Kier alpha value is -0.450. The number of hydrogen-bond donors (Lipinski definition) is 2. The van der Waals surface area contributed by atoms with Crippen LogP contribution in [0, 0.1) is 5.41 Å². The zero-order valence-corrected chi connectivity index (χ0v) is 9.77. The van der Waals surface area contributed by atoms with Gasteiger partial charge >= 0.3 is 0 Å². The van der Waals surface area contributed by atoms with E-state index in [1.54, 1.807) is 11.3 Å². The Morgan fingerprint density at radius 1 is 1.57 bits per heavy atom. The molecule has 2 N–H and O–H groups in total. The number of aromatic nitrogens is 1. The van der Waals surface area contributed by atoms with Crippen LogP contribution >= 0.6 is 11.3 Å². The van der Waals surface area contributed by atoms with E-state index in [1.165, 1.54) is 4.88 Å². The fourth-order valence-corrected chi connectivity index (χ4v) is 1.74. The van der Waals surface area contributed by atoms with Crippen LogP contribution in [0.4, 0.5) is 0 Å². The third kappa shape index (κ3) is 3.36. The Kier molecular flexibility index (Phi) is 4.04. The van der Waals surface area contributed by atoms with Crippen molar-refractivity contribution in [1.82, 2.24) is 10.3 Å². The summed E-state index contributed by atoms with van der Waals surface area (Å²) < 4.78 is 0. The second kappa shape index (κ2) is 4.87. The first-order chi connectivity index (χ1) is 6.54. The molecule has 1 atom stereocenters. The molecule has 0 amide bonds. The molecule has 0 aromatic carbocycles. The van der Waals surface area contributed by atoms with E-state index in [0.29, 0.717) is 0 Å². The van der Waals surface area contributed by atoms with Gasteiger partial charge in [0.1, 0.15) is 0 Å². The fourth-order valence-electron chi connectivity index (χ4n) is 1.20. The fraction of sp³-hybridized carbons (Fsp3) is 0.700. The van der Waals surface area contributed by atoms with E-state index in [2.05, 4.69) is 31.1 Å². The van der Waals surface area contributed by atoms with Crippen molar-refractivity contribution in [3.05, 3.63) is 16.6 Å². The molecule has 0 saturated heterocycles. The molecular weight excluding hydrogens is 196 g/mol. The highest BCUT2D eigenvalue weighted by atomic mass is 32.1. The van der Waals surface area contributed by atoms with Crippen LogP contribution in [0.1, 0.15) is 25.6 Å². The van der Waals surface area contributed by atoms with Crippen molar-refractivity contribution in [3.63, 3.8) is 0 Å². The molecule has 4 heteroatoms. The molecule has 0 aliphatic carbocycles. The van der Waals surface area contributed by atoms with Gasteiger partial charge in [-0.05, 0) is 5.41 Å². The molecule has 0 radical (unpaired) electrons. The van der Waals surface area contributed by atoms with Gasteiger partial charge in [0, 0.05) is 23.7 Å². The van der Waals surface area contributed by atoms with Crippen LogP contribution in [-0.4, -0.2) is 22.7 Å². The van der Waals surface area contributed by atoms with Gasteiger partial charge in [0.25, 0.3) is 0 Å². The lowest BCUT2D eigenvalue weighted by atomic mass is 9.87. The first-order valence-electron chi connectivity index (χ1n) is 4.75. The molecule has 0 fully saturated rings. The number of rotatable bonds is 4. The Morgan fingerprint density at radius 3 is 2.71 bits per heavy atom. The van der Waals surface area contributed by atoms with Crippen LogP contribution in [0.15, 0.2) is 11.7 Å². The van der Waals surface area contributed by atoms with Gasteiger partial charge in [-0.3, -0.25) is 4.98 Å². The van der Waals surface area contributed by atoms with Crippen LogP contribution in [0.5, 0.6) is 0 Å². The summed E-state index contributed by atoms with van der Waals surface area (Å²) in [4.78, 5) is 5.21. The maximum atomic E-state index is 9.22. The first-order valence-corrected chi connectivity index (χ1v) is 5.63. The summed E-state index contributed by atoms with van der Waals surface area (Å²) >= 11 is 1.63. The molecule has 1 aromatic rings. The zero-order valence-electron chi connectivity index (χ0n) is 8.95. The minimum absolute atomic E-state index is 0.0828. The van der Waals surface area contributed by atoms with E-state index >= 15 is 0 Å². The van der Waals surface area contributed by atoms with Crippen molar-refractivity contribution in [2.75, 3.05) is 6.61 Å². The van der Waals surface area contributed by atoms with Crippen LogP contribution in [-0.2, 0) is 6.54 Å². The van der Waals surface area contributed by atoms with Crippen molar-refractivity contribution in [2.24, 2.45) is 5.41 Å². The summed E-state index contributed by atoms with van der Waals surface area (Å²) in [7, 11) is 0. The SMILES string of the molecule is CC(C)(C)[C@@H](CO)NCc1cncs1. The molecule has 0 saturated carbocycles. The molecule has 0 aliphatic rings. The minimum atomic E-state index is 0.0828. The predicted octanol–water partition coefficient (Wildman–Crippen LogP) is 1.64. The van der Waals surface area contributed by atoms with Gasteiger partial charge in [-0.25, -0.2) is 0 Å². The smallest absolute Gasteiger partial charge is 0.0794 e. The molecule has 1 aromatic heterocycles. The second-order valence-corrected chi connectivity index (χ2v) is 5.42. The molecule has 1 rings (SSSR count). The first kappa shape index (κ1) is 11.6. The van der Waals surface area contributed by atoms with Crippen LogP contribution < -0.4 is 5.32 Å². The summed E-state index contributed by atoms with van der Waals surface area (Å²) in [6.45, 7) is 7.31. The summed E-state index contributed by atoms with van der Waals surface area (Å²) in [6, 6.07) is 0.129. The zero-order chi connectivity index (χ0) is 10.6. The molecule has 0 spiro atoms. The predicted molar refractivity (Wildman–Crippen MR) is 59.3 cm³/mol. The van der Waals surface area contributed by atoms with Gasteiger partial charge in [0.05, 0.1) is 12.1 Å². The van der Waals surface area contributed by atoms with Gasteiger partial charge in [0.15, 0.2) is 0 Å². The highest BCUT2D eigenvalue weighted by molar-refractivity contribution is 7.09. The number of thiazole rings is 1. The molecule has 3 nitrogen and oxygen atoms in total. The van der Waals surface area contributed by atoms with Crippen molar-refractivity contribution in [3.8, 4) is 0 Å². The average molecular weight is 214 g/mol. The summed E-state index contributed by atoms with van der Waals surface area (Å²) in [5, 5.41) is 12.5. The number of aliphatic hydroxyl groups is 1. The van der Waals surface area contributed by atoms with Gasteiger partial charge in [0.2, 0.25) is 0 Å².